The quantitative estimate of drug-likeness (QED) is 0.0197. The first-order valence-electron chi connectivity index (χ1n) is 30.1. The lowest BCUT2D eigenvalue weighted by Gasteiger charge is -2.21. The normalized spacial score (nSPS) is 14.3. The number of ether oxygens (including phenoxy) is 3. The van der Waals surface area contributed by atoms with Crippen LogP contribution in [-0.4, -0.2) is 66.5 Å². The van der Waals surface area contributed by atoms with Crippen LogP contribution in [0.3, 0.4) is 0 Å². The number of phosphoric acid groups is 1. The van der Waals surface area contributed by atoms with Crippen LogP contribution in [0.2, 0.25) is 0 Å². The van der Waals surface area contributed by atoms with Crippen molar-refractivity contribution in [2.75, 3.05) is 26.4 Å². The van der Waals surface area contributed by atoms with Crippen LogP contribution in [0.4, 0.5) is 0 Å². The molecule has 0 heterocycles. The molecule has 3 atom stereocenters. The number of aliphatic hydroxyl groups excluding tert-OH is 1. The molecule has 0 saturated heterocycles. The number of carbonyl (C=O) groups excluding carboxylic acids is 3. The molecule has 442 valence electrons. The molecule has 0 saturated carbocycles. The molecular weight excluding hydrogens is 1000 g/mol. The smallest absolute Gasteiger partial charge is 0.462 e. The molecule has 0 amide bonds. The summed E-state index contributed by atoms with van der Waals surface area (Å²) in [7, 11) is -4.78. The maximum absolute atomic E-state index is 12.9. The number of unbranched alkanes of at least 4 members (excludes halogenated alkanes) is 15. The molecule has 0 radical (unpaired) electrons. The number of hydrogen-bond acceptors (Lipinski definition) is 10. The van der Waals surface area contributed by atoms with Gasteiger partial charge in [-0.2, -0.15) is 0 Å². The van der Waals surface area contributed by atoms with E-state index in [1.807, 2.05) is 12.2 Å². The van der Waals surface area contributed by atoms with Crippen molar-refractivity contribution in [2.24, 2.45) is 0 Å². The number of hydrogen-bond donors (Lipinski definition) is 2. The highest BCUT2D eigenvalue weighted by atomic mass is 31.2. The highest BCUT2D eigenvalue weighted by molar-refractivity contribution is 7.47. The van der Waals surface area contributed by atoms with Gasteiger partial charge in [-0.25, -0.2) is 4.57 Å². The second-order valence-electron chi connectivity index (χ2n) is 19.4. The standard InChI is InChI=1S/C66H107O11P/c1-4-7-10-13-16-19-22-25-27-29-31-33-35-38-41-44-47-50-53-56-65(69)76-62(58-67)60-74-78(71,72)75-61-63(59-73-64(68)55-52-49-46-43-40-37-24-21-18-15-12-9-6-3)77-66(70)57-54-51-48-45-42-39-36-34-32-30-28-26-23-20-17-14-11-8-5-2/h8-9,11-12,16-21,25-28,32,34,37,39-40,42,46,49,62-63,67H,4-7,10,13-15,22-24,29-31,33,35-36,38,41,43-45,47-48,50-61H2,1-3H3,(H,71,72)/b11-8-,12-9-,19-16-,20-17-,21-18-,27-25-,28-26-,34-32-,40-37-,42-39-,49-46-. The molecule has 0 spiro atoms. The van der Waals surface area contributed by atoms with E-state index in [4.69, 9.17) is 23.3 Å². The van der Waals surface area contributed by atoms with E-state index in [1.165, 1.54) is 57.8 Å². The minimum absolute atomic E-state index is 0.0906. The van der Waals surface area contributed by atoms with Crippen LogP contribution in [0.15, 0.2) is 134 Å². The Balaban J connectivity index is 4.80. The summed E-state index contributed by atoms with van der Waals surface area (Å²) >= 11 is 0. The molecule has 12 heteroatoms. The highest BCUT2D eigenvalue weighted by Crippen LogP contribution is 2.43. The van der Waals surface area contributed by atoms with E-state index in [0.717, 1.165) is 109 Å². The Morgan fingerprint density at radius 3 is 1.09 bits per heavy atom. The molecule has 2 N–H and O–H groups in total. The maximum Gasteiger partial charge on any atom is 0.472 e. The number of rotatable bonds is 54. The Labute approximate surface area is 474 Å². The lowest BCUT2D eigenvalue weighted by atomic mass is 10.1. The third kappa shape index (κ3) is 56.3. The van der Waals surface area contributed by atoms with Gasteiger partial charge in [0.2, 0.25) is 0 Å². The predicted octanol–water partition coefficient (Wildman–Crippen LogP) is 18.1. The maximum atomic E-state index is 12.9. The van der Waals surface area contributed by atoms with Crippen molar-refractivity contribution in [1.29, 1.82) is 0 Å². The van der Waals surface area contributed by atoms with Gasteiger partial charge >= 0.3 is 25.7 Å². The molecule has 0 aromatic rings. The van der Waals surface area contributed by atoms with Crippen molar-refractivity contribution >= 4 is 25.7 Å². The lowest BCUT2D eigenvalue weighted by Crippen LogP contribution is -2.30. The summed E-state index contributed by atoms with van der Waals surface area (Å²) in [5.74, 6) is -1.62. The van der Waals surface area contributed by atoms with Gasteiger partial charge in [0.05, 0.1) is 19.8 Å². The van der Waals surface area contributed by atoms with E-state index in [-0.39, 0.29) is 19.3 Å². The summed E-state index contributed by atoms with van der Waals surface area (Å²) in [4.78, 5) is 48.6. The highest BCUT2D eigenvalue weighted by Gasteiger charge is 2.28. The summed E-state index contributed by atoms with van der Waals surface area (Å²) in [5, 5.41) is 9.84. The molecule has 0 aliphatic rings. The van der Waals surface area contributed by atoms with Gasteiger partial charge in [0.15, 0.2) is 6.10 Å². The molecule has 0 aliphatic carbocycles. The van der Waals surface area contributed by atoms with Crippen molar-refractivity contribution in [3.63, 3.8) is 0 Å². The monoisotopic (exact) mass is 1110 g/mol. The second kappa shape index (κ2) is 58.8. The molecule has 3 unspecified atom stereocenters. The van der Waals surface area contributed by atoms with E-state index in [2.05, 4.69) is 142 Å². The van der Waals surface area contributed by atoms with Gasteiger partial charge in [0, 0.05) is 19.3 Å². The molecule has 78 heavy (non-hydrogen) atoms. The van der Waals surface area contributed by atoms with Crippen molar-refractivity contribution in [3.8, 4) is 0 Å². The van der Waals surface area contributed by atoms with Gasteiger partial charge in [0.25, 0.3) is 0 Å². The first-order valence-corrected chi connectivity index (χ1v) is 31.6. The summed E-state index contributed by atoms with van der Waals surface area (Å²) in [6.07, 6.45) is 74.3. The SMILES string of the molecule is CC/C=C\C/C=C\C/C=C\C/C=C\C/C=C\CCCCCC(=O)OC(COC(=O)CC/C=C\C/C=C\C/C=C\C/C=C\CC)COP(=O)(O)OCC(CO)OC(=O)CCCCCCCCCCC/C=C\C/C=C\CCCCC. The average molecular weight is 1110 g/mol. The van der Waals surface area contributed by atoms with Crippen molar-refractivity contribution in [3.05, 3.63) is 134 Å². The third-order valence-electron chi connectivity index (χ3n) is 12.1. The molecule has 0 aromatic carbocycles. The third-order valence-corrected chi connectivity index (χ3v) is 13.0. The Hall–Kier alpha value is -4.38. The fourth-order valence-electron chi connectivity index (χ4n) is 7.54. The van der Waals surface area contributed by atoms with Crippen LogP contribution in [0.1, 0.15) is 226 Å². The van der Waals surface area contributed by atoms with E-state index >= 15 is 0 Å². The van der Waals surface area contributed by atoms with Gasteiger partial charge < -0.3 is 24.2 Å². The van der Waals surface area contributed by atoms with Crippen LogP contribution < -0.4 is 0 Å². The molecule has 0 rings (SSSR count). The van der Waals surface area contributed by atoms with Gasteiger partial charge in [-0.1, -0.05) is 219 Å². The van der Waals surface area contributed by atoms with Crippen LogP contribution >= 0.6 is 7.82 Å². The van der Waals surface area contributed by atoms with Crippen molar-refractivity contribution in [1.82, 2.24) is 0 Å². The summed E-state index contributed by atoms with van der Waals surface area (Å²) in [5.41, 5.74) is 0. The minimum atomic E-state index is -4.78. The second-order valence-corrected chi connectivity index (χ2v) is 20.8. The summed E-state index contributed by atoms with van der Waals surface area (Å²) in [6, 6.07) is 0. The molecule has 0 fully saturated rings. The molecule has 0 aliphatic heterocycles. The van der Waals surface area contributed by atoms with Gasteiger partial charge in [-0.3, -0.25) is 23.4 Å². The van der Waals surface area contributed by atoms with Crippen LogP contribution in [0, 0.1) is 0 Å². The Bertz CT molecular complexity index is 1820. The van der Waals surface area contributed by atoms with Gasteiger partial charge in [-0.15, -0.1) is 0 Å². The average Bonchev–Trinajstić information content (AvgIpc) is 3.43. The fourth-order valence-corrected chi connectivity index (χ4v) is 8.33. The van der Waals surface area contributed by atoms with Gasteiger partial charge in [-0.05, 0) is 122 Å². The van der Waals surface area contributed by atoms with Crippen LogP contribution in [0.5, 0.6) is 0 Å². The van der Waals surface area contributed by atoms with E-state index in [9.17, 15) is 28.9 Å². The Morgan fingerprint density at radius 1 is 0.372 bits per heavy atom. The number of aliphatic hydroxyl groups is 1. The molecule has 0 bridgehead atoms. The lowest BCUT2D eigenvalue weighted by molar-refractivity contribution is -0.161. The summed E-state index contributed by atoms with van der Waals surface area (Å²) < 4.78 is 39.5. The van der Waals surface area contributed by atoms with Crippen LogP contribution in [0.25, 0.3) is 0 Å². The predicted molar refractivity (Wildman–Crippen MR) is 325 cm³/mol. The first-order chi connectivity index (χ1) is 38.2. The topological polar surface area (TPSA) is 155 Å². The van der Waals surface area contributed by atoms with E-state index in [0.29, 0.717) is 19.3 Å². The van der Waals surface area contributed by atoms with E-state index < -0.39 is 64.4 Å². The van der Waals surface area contributed by atoms with Gasteiger partial charge in [0.1, 0.15) is 12.7 Å². The Morgan fingerprint density at radius 2 is 0.692 bits per heavy atom. The van der Waals surface area contributed by atoms with E-state index in [1.54, 1.807) is 0 Å². The Kier molecular flexibility index (Phi) is 55.5. The van der Waals surface area contributed by atoms with Crippen molar-refractivity contribution in [2.45, 2.75) is 238 Å². The number of carbonyl (C=O) groups is 3. The number of allylic oxidation sites excluding steroid dienone is 22. The zero-order chi connectivity index (χ0) is 56.9. The number of phosphoric ester groups is 1. The first kappa shape index (κ1) is 73.6. The molecule has 0 aromatic heterocycles. The fraction of sp³-hybridized carbons (Fsp3) is 0.621. The largest absolute Gasteiger partial charge is 0.472 e. The molecule has 11 nitrogen and oxygen atoms in total. The summed E-state index contributed by atoms with van der Waals surface area (Å²) in [6.45, 7) is 4.26. The number of esters is 3. The van der Waals surface area contributed by atoms with Crippen molar-refractivity contribution < 1.29 is 52.2 Å². The zero-order valence-electron chi connectivity index (χ0n) is 48.8. The molecular formula is C66H107O11P. The minimum Gasteiger partial charge on any atom is -0.462 e. The van der Waals surface area contributed by atoms with Crippen LogP contribution in [-0.2, 0) is 42.2 Å². The zero-order valence-corrected chi connectivity index (χ0v) is 49.7.